The zero-order chi connectivity index (χ0) is 37.2. The molecule has 0 saturated heterocycles. The van der Waals surface area contributed by atoms with E-state index in [1.165, 1.54) is 47.2 Å². The van der Waals surface area contributed by atoms with Crippen molar-refractivity contribution in [2.45, 2.75) is 83.8 Å². The summed E-state index contributed by atoms with van der Waals surface area (Å²) in [4.78, 5) is 22.4. The topological polar surface area (TPSA) is 121 Å². The van der Waals surface area contributed by atoms with Crippen LogP contribution in [0.2, 0.25) is 10.0 Å². The predicted molar refractivity (Wildman–Crippen MR) is 232 cm³/mol. The van der Waals surface area contributed by atoms with Crippen LogP contribution in [0.4, 0.5) is 0 Å². The number of rotatable bonds is 12. The van der Waals surface area contributed by atoms with Crippen LogP contribution in [-0.2, 0) is 25.7 Å². The van der Waals surface area contributed by atoms with Gasteiger partial charge in [-0.05, 0) is 140 Å². The highest BCUT2D eigenvalue weighted by atomic mass is 128. The lowest BCUT2D eigenvalue weighted by atomic mass is 9.95. The Bertz CT molecular complexity index is 1590. The highest BCUT2D eigenvalue weighted by Gasteiger charge is 2.22. The Morgan fingerprint density at radius 2 is 1.00 bits per heavy atom. The van der Waals surface area contributed by atoms with E-state index in [9.17, 15) is 19.8 Å². The van der Waals surface area contributed by atoms with Gasteiger partial charge in [-0.2, -0.15) is 0 Å². The molecule has 2 unspecified atom stereocenters. The van der Waals surface area contributed by atoms with E-state index in [0.717, 1.165) is 38.5 Å². The fourth-order valence-electron chi connectivity index (χ4n) is 6.50. The molecule has 282 valence electrons. The van der Waals surface area contributed by atoms with Gasteiger partial charge in [0.15, 0.2) is 5.78 Å². The van der Waals surface area contributed by atoms with Crippen molar-refractivity contribution in [2.24, 2.45) is 17.6 Å². The second-order valence-electron chi connectivity index (χ2n) is 13.1. The van der Waals surface area contributed by atoms with Crippen LogP contribution in [0.15, 0.2) is 97.1 Å². The van der Waals surface area contributed by atoms with Gasteiger partial charge < -0.3 is 21.1 Å². The average molecular weight is 975 g/mol. The Kier molecular flexibility index (Phi) is 22.3. The van der Waals surface area contributed by atoms with Crippen molar-refractivity contribution in [2.75, 3.05) is 6.54 Å². The number of aliphatic hydroxyl groups excluding tert-OH is 2. The summed E-state index contributed by atoms with van der Waals surface area (Å²) in [7, 11) is 0. The predicted octanol–water partition coefficient (Wildman–Crippen LogP) is 10.8. The molecule has 2 aliphatic carbocycles. The quantitative estimate of drug-likeness (QED) is 0.0829. The summed E-state index contributed by atoms with van der Waals surface area (Å²) in [5.74, 6) is 0.475. The van der Waals surface area contributed by atoms with Crippen molar-refractivity contribution in [1.82, 2.24) is 0 Å². The molecule has 2 atom stereocenters. The van der Waals surface area contributed by atoms with Crippen molar-refractivity contribution in [3.63, 3.8) is 0 Å². The lowest BCUT2D eigenvalue weighted by Gasteiger charge is -2.13. The van der Waals surface area contributed by atoms with Crippen LogP contribution in [0, 0.1) is 11.8 Å². The van der Waals surface area contributed by atoms with Crippen LogP contribution in [0.1, 0.15) is 88.9 Å². The summed E-state index contributed by atoms with van der Waals surface area (Å²) < 4.78 is 0. The number of nitrogens with two attached hydrogens (primary N) is 1. The lowest BCUT2D eigenvalue weighted by molar-refractivity contribution is 0.0696. The number of halogens is 4. The van der Waals surface area contributed by atoms with Crippen molar-refractivity contribution >= 4 is 72.2 Å². The van der Waals surface area contributed by atoms with Gasteiger partial charge in [0.2, 0.25) is 0 Å². The first-order valence-corrected chi connectivity index (χ1v) is 24.3. The molecule has 0 amide bonds. The van der Waals surface area contributed by atoms with Crippen LogP contribution >= 0.6 is 60.4 Å². The molecule has 52 heavy (non-hydrogen) atoms. The Balaban J connectivity index is 0.000000286. The minimum Gasteiger partial charge on any atom is -0.478 e. The van der Waals surface area contributed by atoms with Gasteiger partial charge in [-0.3, -0.25) is 4.79 Å². The fourth-order valence-corrected chi connectivity index (χ4v) is 6.75. The van der Waals surface area contributed by atoms with Crippen LogP contribution < -0.4 is 5.73 Å². The highest BCUT2D eigenvalue weighted by molar-refractivity contribution is 15.0. The molecule has 6 rings (SSSR count). The molecule has 0 aromatic heterocycles. The number of aliphatic hydroxyl groups is 2. The highest BCUT2D eigenvalue weighted by Crippen LogP contribution is 2.31. The second kappa shape index (κ2) is 25.1. The SMILES string of the molecule is C.II.NCC(O)CCC1Cc2ccccc2C1.O=C(CCC(O)CCC1Cc2ccccc2C1)c1ccc(Cl)cc1.O=C(O)c1ccc(Cl)cc1. The third-order valence-electron chi connectivity index (χ3n) is 9.32. The summed E-state index contributed by atoms with van der Waals surface area (Å²) in [6, 6.07) is 30.2. The molecule has 2 aliphatic rings. The zero-order valence-corrected chi connectivity index (χ0v) is 34.4. The van der Waals surface area contributed by atoms with Crippen LogP contribution in [0.5, 0.6) is 0 Å². The molecule has 4 aromatic carbocycles. The van der Waals surface area contributed by atoms with E-state index in [1.807, 2.05) is 0 Å². The van der Waals surface area contributed by atoms with E-state index in [-0.39, 0.29) is 24.9 Å². The summed E-state index contributed by atoms with van der Waals surface area (Å²) >= 11 is 15.6. The van der Waals surface area contributed by atoms with Crippen molar-refractivity contribution < 1.29 is 24.9 Å². The van der Waals surface area contributed by atoms with E-state index in [0.29, 0.717) is 46.8 Å². The first-order chi connectivity index (χ1) is 24.6. The van der Waals surface area contributed by atoms with Gasteiger partial charge in [-0.1, -0.05) is 79.2 Å². The fraction of sp³-hybridized carbons (Fsp3) is 0.381. The maximum atomic E-state index is 12.1. The molecule has 0 fully saturated rings. The summed E-state index contributed by atoms with van der Waals surface area (Å²) in [5, 5.41) is 29.2. The standard InChI is InChI=1S/C21H23ClO2.C13H19NO.C7H5ClO2.CH4.I2/c22-19-8-6-16(7-9-19)21(24)12-11-20(23)10-5-15-13-17-3-1-2-4-18(17)14-15;14-9-13(15)6-5-10-7-11-3-1-2-4-12(11)8-10;8-6-3-1-5(2-4-6)7(9)10;;1-2/h1-4,6-9,15,20,23H,5,10-14H2;1-4,10,13,15H,5-9,14H2;1-4H,(H,9,10);1H4;. The number of carboxylic acid groups (broad SMARTS) is 1. The summed E-state index contributed by atoms with van der Waals surface area (Å²) in [6.07, 6.45) is 8.51. The van der Waals surface area contributed by atoms with E-state index in [1.54, 1.807) is 36.4 Å². The average Bonchev–Trinajstić information content (AvgIpc) is 3.77. The molecule has 0 heterocycles. The van der Waals surface area contributed by atoms with Crippen molar-refractivity contribution in [3.05, 3.63) is 140 Å². The van der Waals surface area contributed by atoms with Gasteiger partial charge >= 0.3 is 5.97 Å². The Labute approximate surface area is 342 Å². The number of hydrogen-bond acceptors (Lipinski definition) is 5. The number of Topliss-reactive ketones (excluding diaryl/α,β-unsaturated/α-hetero) is 1. The normalized spacial score (nSPS) is 14.1. The minimum absolute atomic E-state index is 0. The maximum Gasteiger partial charge on any atom is 0.335 e. The smallest absolute Gasteiger partial charge is 0.335 e. The number of carbonyl (C=O) groups is 2. The zero-order valence-electron chi connectivity index (χ0n) is 28.6. The minimum atomic E-state index is -0.934. The van der Waals surface area contributed by atoms with Gasteiger partial charge in [0.05, 0.1) is 17.8 Å². The maximum absolute atomic E-state index is 12.1. The Hall–Kier alpha value is -2.06. The molecule has 10 heteroatoms. The number of carboxylic acids is 1. The summed E-state index contributed by atoms with van der Waals surface area (Å²) in [6.45, 7) is 0.389. The number of aromatic carboxylic acids is 1. The van der Waals surface area contributed by atoms with Gasteiger partial charge in [0, 0.05) is 65.8 Å². The molecular formula is C42H51Cl2I2NO5. The van der Waals surface area contributed by atoms with Gasteiger partial charge in [-0.15, -0.1) is 0 Å². The number of carbonyl (C=O) groups excluding carboxylic acids is 1. The number of hydrogen-bond donors (Lipinski definition) is 4. The van der Waals surface area contributed by atoms with E-state index in [4.69, 9.17) is 34.0 Å². The Morgan fingerprint density at radius 3 is 1.37 bits per heavy atom. The molecule has 0 saturated carbocycles. The number of benzene rings is 4. The molecule has 4 aromatic rings. The van der Waals surface area contributed by atoms with Crippen LogP contribution in [0.3, 0.4) is 0 Å². The third-order valence-corrected chi connectivity index (χ3v) is 9.83. The van der Waals surface area contributed by atoms with Crippen LogP contribution in [0.25, 0.3) is 0 Å². The number of ketones is 1. The molecule has 0 bridgehead atoms. The molecular weight excluding hydrogens is 923 g/mol. The van der Waals surface area contributed by atoms with Gasteiger partial charge in [-0.25, -0.2) is 4.79 Å². The van der Waals surface area contributed by atoms with E-state index in [2.05, 4.69) is 85.8 Å². The first kappa shape index (κ1) is 46.1. The second-order valence-corrected chi connectivity index (χ2v) is 13.9. The molecule has 0 aliphatic heterocycles. The van der Waals surface area contributed by atoms with Gasteiger partial charge in [0.25, 0.3) is 0 Å². The first-order valence-electron chi connectivity index (χ1n) is 17.2. The Morgan fingerprint density at radius 1 is 0.635 bits per heavy atom. The molecule has 0 spiro atoms. The van der Waals surface area contributed by atoms with Crippen LogP contribution in [-0.4, -0.2) is 45.8 Å². The monoisotopic (exact) mass is 973 g/mol. The van der Waals surface area contributed by atoms with E-state index < -0.39 is 12.1 Å². The summed E-state index contributed by atoms with van der Waals surface area (Å²) in [5.41, 5.74) is 12.2. The lowest BCUT2D eigenvalue weighted by Crippen LogP contribution is -2.20. The third kappa shape index (κ3) is 16.1. The van der Waals surface area contributed by atoms with Crippen molar-refractivity contribution in [1.29, 1.82) is 0 Å². The largest absolute Gasteiger partial charge is 0.478 e. The molecule has 0 radical (unpaired) electrons. The van der Waals surface area contributed by atoms with E-state index >= 15 is 0 Å². The van der Waals surface area contributed by atoms with Gasteiger partial charge in [0.1, 0.15) is 0 Å². The molecule has 5 N–H and O–H groups in total. The number of fused-ring (bicyclic) bond motifs is 2. The molecule has 6 nitrogen and oxygen atoms in total. The van der Waals surface area contributed by atoms with Crippen molar-refractivity contribution in [3.8, 4) is 0 Å².